The first-order valence-electron chi connectivity index (χ1n) is 7.33. The average Bonchev–Trinajstić information content (AvgIpc) is 2.40. The van der Waals surface area contributed by atoms with E-state index in [1.54, 1.807) is 18.2 Å². The molecule has 1 saturated carbocycles. The predicted octanol–water partition coefficient (Wildman–Crippen LogP) is 4.71. The van der Waals surface area contributed by atoms with Gasteiger partial charge in [0.1, 0.15) is 0 Å². The third-order valence-electron chi connectivity index (χ3n) is 4.16. The number of hydrogen-bond acceptors (Lipinski definition) is 2. The smallest absolute Gasteiger partial charge is 0.211 e. The molecule has 1 aliphatic carbocycles. The van der Waals surface area contributed by atoms with Gasteiger partial charge in [-0.15, -0.1) is 0 Å². The van der Waals surface area contributed by atoms with Gasteiger partial charge in [0.15, 0.2) is 0 Å². The molecular formula is C15H21Br2NO2S. The van der Waals surface area contributed by atoms with Gasteiger partial charge >= 0.3 is 0 Å². The van der Waals surface area contributed by atoms with Gasteiger partial charge in [-0.3, -0.25) is 0 Å². The lowest BCUT2D eigenvalue weighted by Gasteiger charge is -2.26. The van der Waals surface area contributed by atoms with Gasteiger partial charge in [-0.2, -0.15) is 0 Å². The summed E-state index contributed by atoms with van der Waals surface area (Å²) in [6.45, 7) is 2.81. The van der Waals surface area contributed by atoms with Crippen LogP contribution in [0.3, 0.4) is 0 Å². The van der Waals surface area contributed by atoms with Gasteiger partial charge in [-0.05, 0) is 52.4 Å². The van der Waals surface area contributed by atoms with Crippen LogP contribution < -0.4 is 4.72 Å². The summed E-state index contributed by atoms with van der Waals surface area (Å²) >= 11 is 6.64. The molecule has 3 nitrogen and oxygen atoms in total. The summed E-state index contributed by atoms with van der Waals surface area (Å²) in [4.78, 5) is 0.294. The number of rotatable bonds is 5. The minimum absolute atomic E-state index is 0.294. The van der Waals surface area contributed by atoms with Gasteiger partial charge in [-0.1, -0.05) is 48.5 Å². The van der Waals surface area contributed by atoms with Crippen LogP contribution in [0.4, 0.5) is 0 Å². The normalized spacial score (nSPS) is 23.2. The van der Waals surface area contributed by atoms with E-state index in [0.717, 1.165) is 16.8 Å². The Morgan fingerprint density at radius 1 is 1.19 bits per heavy atom. The molecule has 0 saturated heterocycles. The molecule has 1 aliphatic rings. The van der Waals surface area contributed by atoms with Gasteiger partial charge in [0, 0.05) is 15.5 Å². The van der Waals surface area contributed by atoms with E-state index >= 15 is 0 Å². The molecule has 0 bridgehead atoms. The fourth-order valence-corrected chi connectivity index (χ4v) is 5.58. The van der Waals surface area contributed by atoms with E-state index in [0.29, 0.717) is 21.8 Å². The van der Waals surface area contributed by atoms with Gasteiger partial charge < -0.3 is 0 Å². The molecule has 1 aromatic carbocycles. The lowest BCUT2D eigenvalue weighted by Crippen LogP contribution is -2.27. The van der Waals surface area contributed by atoms with Gasteiger partial charge in [-0.25, -0.2) is 13.1 Å². The number of benzene rings is 1. The van der Waals surface area contributed by atoms with Crippen molar-refractivity contribution in [3.05, 3.63) is 27.1 Å². The first-order valence-corrected chi connectivity index (χ1v) is 10.4. The molecule has 0 unspecified atom stereocenters. The molecule has 0 aromatic heterocycles. The number of nitrogens with one attached hydrogen (secondary N) is 1. The van der Waals surface area contributed by atoms with Crippen molar-refractivity contribution in [1.82, 2.24) is 4.72 Å². The zero-order chi connectivity index (χ0) is 15.5. The predicted molar refractivity (Wildman–Crippen MR) is 92.8 cm³/mol. The minimum atomic E-state index is -3.44. The van der Waals surface area contributed by atoms with Crippen molar-refractivity contribution in [2.75, 3.05) is 6.54 Å². The number of hydrogen-bond donors (Lipinski definition) is 1. The zero-order valence-corrected chi connectivity index (χ0v) is 16.1. The van der Waals surface area contributed by atoms with Crippen molar-refractivity contribution in [2.24, 2.45) is 11.8 Å². The van der Waals surface area contributed by atoms with Crippen molar-refractivity contribution >= 4 is 41.9 Å². The van der Waals surface area contributed by atoms with Crippen LogP contribution in [0.2, 0.25) is 0 Å². The van der Waals surface area contributed by atoms with Crippen LogP contribution in [-0.4, -0.2) is 15.0 Å². The average molecular weight is 439 g/mol. The molecule has 0 spiro atoms. The lowest BCUT2D eigenvalue weighted by molar-refractivity contribution is 0.278. The lowest BCUT2D eigenvalue weighted by atomic mass is 9.81. The first kappa shape index (κ1) is 17.4. The second-order valence-electron chi connectivity index (χ2n) is 5.89. The summed E-state index contributed by atoms with van der Waals surface area (Å²) in [5, 5.41) is 0. The van der Waals surface area contributed by atoms with E-state index in [1.165, 1.54) is 25.7 Å². The second kappa shape index (κ2) is 7.57. The summed E-state index contributed by atoms with van der Waals surface area (Å²) < 4.78 is 28.8. The summed E-state index contributed by atoms with van der Waals surface area (Å²) in [7, 11) is -3.44. The second-order valence-corrected chi connectivity index (χ2v) is 9.39. The highest BCUT2D eigenvalue weighted by atomic mass is 79.9. The molecule has 0 amide bonds. The van der Waals surface area contributed by atoms with Crippen molar-refractivity contribution in [1.29, 1.82) is 0 Å². The maximum Gasteiger partial charge on any atom is 0.241 e. The van der Waals surface area contributed by atoms with Crippen LogP contribution in [0.25, 0.3) is 0 Å². The standard InChI is InChI=1S/C15H21Br2NO2S/c1-11-2-4-12(5-3-11)8-9-18-21(19,20)15-7-6-13(16)10-14(15)17/h6-7,10-12,18H,2-5,8-9H2,1H3. The van der Waals surface area contributed by atoms with E-state index in [9.17, 15) is 8.42 Å². The molecule has 1 fully saturated rings. The molecule has 0 heterocycles. The van der Waals surface area contributed by atoms with E-state index in [1.807, 2.05) is 0 Å². The van der Waals surface area contributed by atoms with Crippen LogP contribution in [-0.2, 0) is 10.0 Å². The Kier molecular flexibility index (Phi) is 6.29. The van der Waals surface area contributed by atoms with Crippen LogP contribution >= 0.6 is 31.9 Å². The van der Waals surface area contributed by atoms with E-state index in [2.05, 4.69) is 43.5 Å². The molecule has 6 heteroatoms. The van der Waals surface area contributed by atoms with Crippen molar-refractivity contribution in [3.63, 3.8) is 0 Å². The van der Waals surface area contributed by atoms with Crippen molar-refractivity contribution < 1.29 is 8.42 Å². The van der Waals surface area contributed by atoms with E-state index in [4.69, 9.17) is 0 Å². The topological polar surface area (TPSA) is 46.2 Å². The fraction of sp³-hybridized carbons (Fsp3) is 0.600. The summed E-state index contributed by atoms with van der Waals surface area (Å²) in [6, 6.07) is 5.09. The third kappa shape index (κ3) is 5.05. The molecule has 1 N–H and O–H groups in total. The largest absolute Gasteiger partial charge is 0.241 e. The molecule has 1 aromatic rings. The molecular weight excluding hydrogens is 418 g/mol. The SMILES string of the molecule is CC1CCC(CCNS(=O)(=O)c2ccc(Br)cc2Br)CC1. The van der Waals surface area contributed by atoms with Crippen LogP contribution in [0.5, 0.6) is 0 Å². The fourth-order valence-electron chi connectivity index (χ4n) is 2.79. The van der Waals surface area contributed by atoms with Gasteiger partial charge in [0.25, 0.3) is 0 Å². The van der Waals surface area contributed by atoms with E-state index < -0.39 is 10.0 Å². The Morgan fingerprint density at radius 3 is 2.48 bits per heavy atom. The zero-order valence-electron chi connectivity index (χ0n) is 12.1. The maximum atomic E-state index is 12.3. The van der Waals surface area contributed by atoms with Crippen molar-refractivity contribution in [3.8, 4) is 0 Å². The highest BCUT2D eigenvalue weighted by Crippen LogP contribution is 2.30. The summed E-state index contributed by atoms with van der Waals surface area (Å²) in [6.07, 6.45) is 5.93. The summed E-state index contributed by atoms with van der Waals surface area (Å²) in [5.74, 6) is 1.49. The quantitative estimate of drug-likeness (QED) is 0.723. The monoisotopic (exact) mass is 437 g/mol. The van der Waals surface area contributed by atoms with Gasteiger partial charge in [0.05, 0.1) is 4.90 Å². The Labute approximate surface area is 144 Å². The maximum absolute atomic E-state index is 12.3. The minimum Gasteiger partial charge on any atom is -0.211 e. The molecule has 0 atom stereocenters. The Morgan fingerprint density at radius 2 is 1.86 bits per heavy atom. The summed E-state index contributed by atoms with van der Waals surface area (Å²) in [5.41, 5.74) is 0. The Bertz CT molecular complexity index is 581. The van der Waals surface area contributed by atoms with Crippen LogP contribution in [0.1, 0.15) is 39.0 Å². The van der Waals surface area contributed by atoms with Crippen LogP contribution in [0.15, 0.2) is 32.0 Å². The van der Waals surface area contributed by atoms with Crippen LogP contribution in [0, 0.1) is 11.8 Å². The number of sulfonamides is 1. The molecule has 118 valence electrons. The molecule has 0 radical (unpaired) electrons. The number of halogens is 2. The molecule has 0 aliphatic heterocycles. The van der Waals surface area contributed by atoms with Gasteiger partial charge in [0.2, 0.25) is 10.0 Å². The Balaban J connectivity index is 1.89. The molecule has 2 rings (SSSR count). The van der Waals surface area contributed by atoms with E-state index in [-0.39, 0.29) is 0 Å². The third-order valence-corrected chi connectivity index (χ3v) is 7.09. The Hall–Kier alpha value is 0.0900. The molecule has 21 heavy (non-hydrogen) atoms. The highest BCUT2D eigenvalue weighted by molar-refractivity contribution is 9.11. The highest BCUT2D eigenvalue weighted by Gasteiger charge is 2.20. The van der Waals surface area contributed by atoms with Crippen molar-refractivity contribution in [2.45, 2.75) is 43.9 Å². The first-order chi connectivity index (χ1) is 9.88.